The Kier molecular flexibility index (Phi) is 4.88. The molecule has 0 aliphatic carbocycles. The van der Waals surface area contributed by atoms with E-state index in [1.54, 1.807) is 18.3 Å². The molecule has 0 radical (unpaired) electrons. The predicted molar refractivity (Wildman–Crippen MR) is 95.4 cm³/mol. The van der Waals surface area contributed by atoms with E-state index in [2.05, 4.69) is 15.6 Å². The van der Waals surface area contributed by atoms with Gasteiger partial charge in [0.15, 0.2) is 11.5 Å². The molecule has 136 valence electrons. The number of hydrogen-bond acceptors (Lipinski definition) is 6. The number of pyridine rings is 1. The lowest BCUT2D eigenvalue weighted by Gasteiger charge is -2.11. The lowest BCUT2D eigenvalue weighted by atomic mass is 10.2. The number of rotatable bonds is 6. The van der Waals surface area contributed by atoms with Gasteiger partial charge in [0.2, 0.25) is 6.79 Å². The zero-order valence-electron chi connectivity index (χ0n) is 14.4. The van der Waals surface area contributed by atoms with Crippen LogP contribution in [0.5, 0.6) is 11.5 Å². The normalized spacial score (nSPS) is 17.9. The second-order valence-electron chi connectivity index (χ2n) is 6.32. The smallest absolute Gasteiger partial charge is 0.252 e. The van der Waals surface area contributed by atoms with E-state index in [9.17, 15) is 4.79 Å². The van der Waals surface area contributed by atoms with E-state index in [1.165, 1.54) is 0 Å². The molecule has 2 N–H and O–H groups in total. The van der Waals surface area contributed by atoms with E-state index in [1.807, 2.05) is 18.2 Å². The number of fused-ring (bicyclic) bond motifs is 1. The average Bonchev–Trinajstić information content (AvgIpc) is 3.36. The zero-order valence-corrected chi connectivity index (χ0v) is 14.4. The first-order chi connectivity index (χ1) is 12.8. The van der Waals surface area contributed by atoms with Gasteiger partial charge >= 0.3 is 0 Å². The van der Waals surface area contributed by atoms with Gasteiger partial charge in [-0.25, -0.2) is 4.98 Å². The van der Waals surface area contributed by atoms with Crippen molar-refractivity contribution in [2.75, 3.05) is 25.3 Å². The van der Waals surface area contributed by atoms with Crippen LogP contribution in [0.25, 0.3) is 0 Å². The van der Waals surface area contributed by atoms with Crippen molar-refractivity contribution in [1.82, 2.24) is 10.3 Å². The van der Waals surface area contributed by atoms with Crippen molar-refractivity contribution < 1.29 is 19.0 Å². The lowest BCUT2D eigenvalue weighted by molar-refractivity contribution is 0.0857. The molecule has 0 bridgehead atoms. The lowest BCUT2D eigenvalue weighted by Crippen LogP contribution is -2.31. The van der Waals surface area contributed by atoms with Crippen molar-refractivity contribution in [3.8, 4) is 11.5 Å². The number of amides is 1. The number of carbonyl (C=O) groups is 1. The number of anilines is 1. The van der Waals surface area contributed by atoms with Gasteiger partial charge in [-0.15, -0.1) is 0 Å². The molecule has 2 aromatic rings. The minimum Gasteiger partial charge on any atom is -0.454 e. The zero-order chi connectivity index (χ0) is 17.8. The summed E-state index contributed by atoms with van der Waals surface area (Å²) < 4.78 is 16.2. The summed E-state index contributed by atoms with van der Waals surface area (Å²) in [5.74, 6) is 2.11. The maximum Gasteiger partial charge on any atom is 0.252 e. The Morgan fingerprint density at radius 2 is 2.12 bits per heavy atom. The van der Waals surface area contributed by atoms with Crippen LogP contribution in [0, 0.1) is 0 Å². The molecule has 7 nitrogen and oxygen atoms in total. The van der Waals surface area contributed by atoms with Gasteiger partial charge in [0.1, 0.15) is 5.82 Å². The first-order valence-corrected chi connectivity index (χ1v) is 8.76. The van der Waals surface area contributed by atoms with Crippen molar-refractivity contribution in [3.05, 3.63) is 47.7 Å². The van der Waals surface area contributed by atoms with Gasteiger partial charge in [-0.1, -0.05) is 6.07 Å². The predicted octanol–water partition coefficient (Wildman–Crippen LogP) is 2.33. The highest BCUT2D eigenvalue weighted by Crippen LogP contribution is 2.32. The molecule has 7 heteroatoms. The summed E-state index contributed by atoms with van der Waals surface area (Å²) in [6.45, 7) is 2.20. The van der Waals surface area contributed by atoms with Crippen LogP contribution in [0.15, 0.2) is 36.5 Å². The molecular formula is C19H21N3O4. The Bertz CT molecular complexity index is 773. The van der Waals surface area contributed by atoms with Gasteiger partial charge in [-0.3, -0.25) is 4.79 Å². The molecule has 1 aromatic heterocycles. The van der Waals surface area contributed by atoms with E-state index in [0.29, 0.717) is 24.5 Å². The standard InChI is InChI=1S/C19H21N3O4/c23-19(22-11-15-2-1-7-24-15)14-4-6-18(21-10-14)20-9-13-3-5-16-17(8-13)26-12-25-16/h3-6,8,10,15H,1-2,7,9,11-12H2,(H,20,21)(H,22,23). The third kappa shape index (κ3) is 3.88. The molecule has 1 unspecified atom stereocenters. The van der Waals surface area contributed by atoms with Gasteiger partial charge in [0.25, 0.3) is 5.91 Å². The Labute approximate surface area is 151 Å². The number of nitrogens with one attached hydrogen (secondary N) is 2. The summed E-state index contributed by atoms with van der Waals surface area (Å²) in [4.78, 5) is 16.5. The van der Waals surface area contributed by atoms with Gasteiger partial charge in [0.05, 0.1) is 11.7 Å². The summed E-state index contributed by atoms with van der Waals surface area (Å²) >= 11 is 0. The molecule has 1 amide bonds. The van der Waals surface area contributed by atoms with Gasteiger partial charge < -0.3 is 24.8 Å². The number of nitrogens with zero attached hydrogens (tertiary/aromatic N) is 1. The molecule has 4 rings (SSSR count). The SMILES string of the molecule is O=C(NCC1CCCO1)c1ccc(NCc2ccc3c(c2)OCO3)nc1. The Balaban J connectivity index is 1.29. The number of aromatic nitrogens is 1. The van der Waals surface area contributed by atoms with Crippen molar-refractivity contribution in [2.24, 2.45) is 0 Å². The van der Waals surface area contributed by atoms with Crippen LogP contribution in [0.1, 0.15) is 28.8 Å². The summed E-state index contributed by atoms with van der Waals surface area (Å²) in [5, 5.41) is 6.13. The fourth-order valence-corrected chi connectivity index (χ4v) is 2.99. The molecule has 26 heavy (non-hydrogen) atoms. The maximum atomic E-state index is 12.1. The van der Waals surface area contributed by atoms with E-state index in [4.69, 9.17) is 14.2 Å². The van der Waals surface area contributed by atoms with Crippen LogP contribution < -0.4 is 20.1 Å². The topological polar surface area (TPSA) is 81.7 Å². The third-order valence-electron chi connectivity index (χ3n) is 4.45. The first-order valence-electron chi connectivity index (χ1n) is 8.76. The Morgan fingerprint density at radius 1 is 1.19 bits per heavy atom. The van der Waals surface area contributed by atoms with E-state index < -0.39 is 0 Å². The largest absolute Gasteiger partial charge is 0.454 e. The Hall–Kier alpha value is -2.80. The summed E-state index contributed by atoms with van der Waals surface area (Å²) in [6, 6.07) is 9.39. The molecule has 0 spiro atoms. The number of benzene rings is 1. The van der Waals surface area contributed by atoms with Crippen LogP contribution in [0.2, 0.25) is 0 Å². The van der Waals surface area contributed by atoms with E-state index in [0.717, 1.165) is 36.5 Å². The van der Waals surface area contributed by atoms with E-state index >= 15 is 0 Å². The second kappa shape index (κ2) is 7.61. The second-order valence-corrected chi connectivity index (χ2v) is 6.32. The summed E-state index contributed by atoms with van der Waals surface area (Å²) in [6.07, 6.45) is 3.77. The van der Waals surface area contributed by atoms with Crippen molar-refractivity contribution in [3.63, 3.8) is 0 Å². The van der Waals surface area contributed by atoms with Crippen LogP contribution in [0.4, 0.5) is 5.82 Å². The summed E-state index contributed by atoms with van der Waals surface area (Å²) in [5.41, 5.74) is 1.60. The highest BCUT2D eigenvalue weighted by atomic mass is 16.7. The quantitative estimate of drug-likeness (QED) is 0.828. The highest BCUT2D eigenvalue weighted by molar-refractivity contribution is 5.94. The monoisotopic (exact) mass is 355 g/mol. The van der Waals surface area contributed by atoms with Gasteiger partial charge in [-0.2, -0.15) is 0 Å². The maximum absolute atomic E-state index is 12.1. The average molecular weight is 355 g/mol. The first kappa shape index (κ1) is 16.7. The molecule has 3 heterocycles. The van der Waals surface area contributed by atoms with Crippen molar-refractivity contribution in [2.45, 2.75) is 25.5 Å². The van der Waals surface area contributed by atoms with Gasteiger partial charge in [0, 0.05) is 25.9 Å². The van der Waals surface area contributed by atoms with E-state index in [-0.39, 0.29) is 18.8 Å². The fourth-order valence-electron chi connectivity index (χ4n) is 2.99. The molecule has 1 fully saturated rings. The van der Waals surface area contributed by atoms with Crippen LogP contribution in [-0.2, 0) is 11.3 Å². The molecule has 1 aromatic carbocycles. The fraction of sp³-hybridized carbons (Fsp3) is 0.368. The molecule has 2 aliphatic rings. The number of carbonyl (C=O) groups excluding carboxylic acids is 1. The molecule has 1 atom stereocenters. The van der Waals surface area contributed by atoms with Crippen LogP contribution in [0.3, 0.4) is 0 Å². The van der Waals surface area contributed by atoms with Crippen LogP contribution >= 0.6 is 0 Å². The molecular weight excluding hydrogens is 334 g/mol. The third-order valence-corrected chi connectivity index (χ3v) is 4.45. The minimum atomic E-state index is -0.129. The number of ether oxygens (including phenoxy) is 3. The minimum absolute atomic E-state index is 0.129. The molecule has 1 saturated heterocycles. The van der Waals surface area contributed by atoms with Gasteiger partial charge in [-0.05, 0) is 42.7 Å². The van der Waals surface area contributed by atoms with Crippen molar-refractivity contribution >= 4 is 11.7 Å². The molecule has 0 saturated carbocycles. The van der Waals surface area contributed by atoms with Crippen molar-refractivity contribution in [1.29, 1.82) is 0 Å². The summed E-state index contributed by atoms with van der Waals surface area (Å²) in [7, 11) is 0. The molecule has 2 aliphatic heterocycles. The highest BCUT2D eigenvalue weighted by Gasteiger charge is 2.17. The van der Waals surface area contributed by atoms with Crippen LogP contribution in [-0.4, -0.2) is 36.9 Å². The number of hydrogen-bond donors (Lipinski definition) is 2. The Morgan fingerprint density at radius 3 is 2.92 bits per heavy atom.